The molecule has 1 fully saturated rings. The van der Waals surface area contributed by atoms with Crippen molar-refractivity contribution in [3.05, 3.63) is 29.8 Å². The Labute approximate surface area is 140 Å². The van der Waals surface area contributed by atoms with Crippen molar-refractivity contribution in [1.29, 1.82) is 0 Å². The largest absolute Gasteiger partial charge is 0.435 e. The molecule has 8 heteroatoms. The molecule has 1 aliphatic rings. The van der Waals surface area contributed by atoms with Gasteiger partial charge in [-0.3, -0.25) is 4.79 Å². The number of morpholine rings is 1. The lowest BCUT2D eigenvalue weighted by Crippen LogP contribution is -2.55. The van der Waals surface area contributed by atoms with Crippen molar-refractivity contribution in [1.82, 2.24) is 10.6 Å². The summed E-state index contributed by atoms with van der Waals surface area (Å²) in [7, 11) is 0. The summed E-state index contributed by atoms with van der Waals surface area (Å²) in [5.74, 6) is -0.0548. The molecule has 1 heterocycles. The SMILES string of the molecule is CC(NC(=O)[C@H]1NCCO[C@@H]1C)c1ccc(OC(F)F)cc1.Cl. The van der Waals surface area contributed by atoms with E-state index in [4.69, 9.17) is 4.74 Å². The summed E-state index contributed by atoms with van der Waals surface area (Å²) in [6.45, 7) is 2.05. The van der Waals surface area contributed by atoms with Gasteiger partial charge in [-0.25, -0.2) is 0 Å². The molecule has 0 aliphatic carbocycles. The zero-order valence-electron chi connectivity index (χ0n) is 12.9. The average molecular weight is 351 g/mol. The number of nitrogens with one attached hydrogen (secondary N) is 2. The van der Waals surface area contributed by atoms with Gasteiger partial charge in [0.25, 0.3) is 0 Å². The van der Waals surface area contributed by atoms with Gasteiger partial charge < -0.3 is 20.1 Å². The van der Waals surface area contributed by atoms with Gasteiger partial charge in [-0.1, -0.05) is 12.1 Å². The van der Waals surface area contributed by atoms with Crippen LogP contribution in [0.4, 0.5) is 8.78 Å². The number of halogens is 3. The van der Waals surface area contributed by atoms with Crippen LogP contribution in [0.1, 0.15) is 25.5 Å². The van der Waals surface area contributed by atoms with Crippen LogP contribution < -0.4 is 15.4 Å². The van der Waals surface area contributed by atoms with Crippen LogP contribution in [0.3, 0.4) is 0 Å². The minimum atomic E-state index is -2.85. The summed E-state index contributed by atoms with van der Waals surface area (Å²) >= 11 is 0. The van der Waals surface area contributed by atoms with Gasteiger partial charge in [-0.15, -0.1) is 12.4 Å². The smallest absolute Gasteiger partial charge is 0.387 e. The fraction of sp³-hybridized carbons (Fsp3) is 0.533. The molecule has 1 amide bonds. The van der Waals surface area contributed by atoms with Crippen molar-refractivity contribution in [2.75, 3.05) is 13.2 Å². The van der Waals surface area contributed by atoms with Crippen molar-refractivity contribution in [3.63, 3.8) is 0 Å². The summed E-state index contributed by atoms with van der Waals surface area (Å²) in [6, 6.07) is 5.57. The molecule has 130 valence electrons. The van der Waals surface area contributed by atoms with Crippen molar-refractivity contribution in [3.8, 4) is 5.75 Å². The number of benzene rings is 1. The van der Waals surface area contributed by atoms with E-state index in [1.165, 1.54) is 12.1 Å². The zero-order valence-corrected chi connectivity index (χ0v) is 13.7. The van der Waals surface area contributed by atoms with Gasteiger partial charge in [0.1, 0.15) is 11.8 Å². The number of amides is 1. The zero-order chi connectivity index (χ0) is 16.1. The van der Waals surface area contributed by atoms with Crippen molar-refractivity contribution >= 4 is 18.3 Å². The molecule has 0 spiro atoms. The van der Waals surface area contributed by atoms with Gasteiger partial charge in [0.05, 0.1) is 18.8 Å². The summed E-state index contributed by atoms with van der Waals surface area (Å²) < 4.78 is 33.9. The summed E-state index contributed by atoms with van der Waals surface area (Å²) in [6.07, 6.45) is -0.192. The normalized spacial score (nSPS) is 22.1. The van der Waals surface area contributed by atoms with Gasteiger partial charge in [0, 0.05) is 6.54 Å². The third-order valence-electron chi connectivity index (χ3n) is 3.56. The Morgan fingerprint density at radius 2 is 2.04 bits per heavy atom. The molecule has 0 bridgehead atoms. The van der Waals surface area contributed by atoms with Gasteiger partial charge in [-0.2, -0.15) is 8.78 Å². The highest BCUT2D eigenvalue weighted by Crippen LogP contribution is 2.19. The standard InChI is InChI=1S/C15H20F2N2O3.ClH/c1-9(11-3-5-12(6-4-11)22-15(16)17)19-14(20)13-10(2)21-8-7-18-13;/h3-6,9-10,13,15,18H,7-8H2,1-2H3,(H,19,20);1H/t9?,10-,13+;/m1./s1. The quantitative estimate of drug-likeness (QED) is 0.855. The van der Waals surface area contributed by atoms with E-state index in [1.54, 1.807) is 12.1 Å². The Hall–Kier alpha value is -1.44. The lowest BCUT2D eigenvalue weighted by molar-refractivity contribution is -0.129. The molecule has 1 unspecified atom stereocenters. The van der Waals surface area contributed by atoms with E-state index >= 15 is 0 Å². The lowest BCUT2D eigenvalue weighted by atomic mass is 10.1. The molecule has 1 aromatic carbocycles. The van der Waals surface area contributed by atoms with Crippen LogP contribution in [-0.4, -0.2) is 37.8 Å². The molecule has 23 heavy (non-hydrogen) atoms. The fourth-order valence-corrected chi connectivity index (χ4v) is 2.35. The number of alkyl halides is 2. The van der Waals surface area contributed by atoms with E-state index in [1.807, 2.05) is 13.8 Å². The average Bonchev–Trinajstić information content (AvgIpc) is 2.47. The summed E-state index contributed by atoms with van der Waals surface area (Å²) in [5, 5.41) is 6.00. The number of ether oxygens (including phenoxy) is 2. The molecule has 1 aromatic rings. The highest BCUT2D eigenvalue weighted by Gasteiger charge is 2.29. The molecular formula is C15H21ClF2N2O3. The third-order valence-corrected chi connectivity index (χ3v) is 3.56. The van der Waals surface area contributed by atoms with Crippen LogP contribution in [0, 0.1) is 0 Å². The minimum Gasteiger partial charge on any atom is -0.435 e. The topological polar surface area (TPSA) is 59.6 Å². The monoisotopic (exact) mass is 350 g/mol. The second kappa shape index (κ2) is 9.00. The van der Waals surface area contributed by atoms with Crippen LogP contribution >= 0.6 is 12.4 Å². The van der Waals surface area contributed by atoms with E-state index in [9.17, 15) is 13.6 Å². The van der Waals surface area contributed by atoms with E-state index < -0.39 is 12.7 Å². The Morgan fingerprint density at radius 3 is 2.61 bits per heavy atom. The first-order chi connectivity index (χ1) is 10.5. The fourth-order valence-electron chi connectivity index (χ4n) is 2.35. The molecule has 0 saturated carbocycles. The number of carbonyl (C=O) groups excluding carboxylic acids is 1. The van der Waals surface area contributed by atoms with Crippen molar-refractivity contribution in [2.24, 2.45) is 0 Å². The van der Waals surface area contributed by atoms with E-state index in [2.05, 4.69) is 15.4 Å². The number of hydrogen-bond acceptors (Lipinski definition) is 4. The second-order valence-corrected chi connectivity index (χ2v) is 5.19. The molecule has 2 rings (SSSR count). The van der Waals surface area contributed by atoms with Crippen LogP contribution in [0.5, 0.6) is 5.75 Å². The van der Waals surface area contributed by atoms with Crippen LogP contribution in [0.2, 0.25) is 0 Å². The lowest BCUT2D eigenvalue weighted by Gasteiger charge is -2.30. The first-order valence-corrected chi connectivity index (χ1v) is 7.17. The van der Waals surface area contributed by atoms with E-state index in [0.717, 1.165) is 5.56 Å². The molecular weight excluding hydrogens is 330 g/mol. The summed E-state index contributed by atoms with van der Waals surface area (Å²) in [5.41, 5.74) is 0.805. The van der Waals surface area contributed by atoms with E-state index in [0.29, 0.717) is 13.2 Å². The van der Waals surface area contributed by atoms with Gasteiger partial charge >= 0.3 is 6.61 Å². The van der Waals surface area contributed by atoms with Crippen LogP contribution in [0.25, 0.3) is 0 Å². The predicted octanol–water partition coefficient (Wildman–Crippen LogP) is 2.26. The number of rotatable bonds is 5. The van der Waals surface area contributed by atoms with Gasteiger partial charge in [-0.05, 0) is 31.5 Å². The molecule has 3 atom stereocenters. The van der Waals surface area contributed by atoms with Crippen molar-refractivity contribution < 1.29 is 23.0 Å². The molecule has 0 aromatic heterocycles. The third kappa shape index (κ3) is 5.60. The highest BCUT2D eigenvalue weighted by atomic mass is 35.5. The van der Waals surface area contributed by atoms with Gasteiger partial charge in [0.15, 0.2) is 0 Å². The van der Waals surface area contributed by atoms with Crippen molar-refractivity contribution in [2.45, 2.75) is 38.6 Å². The number of carbonyl (C=O) groups is 1. The maximum Gasteiger partial charge on any atom is 0.387 e. The first-order valence-electron chi connectivity index (χ1n) is 7.17. The number of hydrogen-bond donors (Lipinski definition) is 2. The predicted molar refractivity (Wildman–Crippen MR) is 84.1 cm³/mol. The molecule has 1 aliphatic heterocycles. The van der Waals surface area contributed by atoms with Crippen LogP contribution in [-0.2, 0) is 9.53 Å². The minimum absolute atomic E-state index is 0. The Morgan fingerprint density at radius 1 is 1.39 bits per heavy atom. The molecule has 1 saturated heterocycles. The Bertz CT molecular complexity index is 502. The first kappa shape index (κ1) is 19.6. The van der Waals surface area contributed by atoms with E-state index in [-0.39, 0.29) is 36.2 Å². The van der Waals surface area contributed by atoms with Crippen LogP contribution in [0.15, 0.2) is 24.3 Å². The maximum absolute atomic E-state index is 12.2. The Balaban J connectivity index is 0.00000264. The molecule has 0 radical (unpaired) electrons. The summed E-state index contributed by atoms with van der Waals surface area (Å²) in [4.78, 5) is 12.2. The van der Waals surface area contributed by atoms with Gasteiger partial charge in [0.2, 0.25) is 5.91 Å². The molecule has 5 nitrogen and oxygen atoms in total. The Kier molecular flexibility index (Phi) is 7.67. The second-order valence-electron chi connectivity index (χ2n) is 5.19. The molecule has 2 N–H and O–H groups in total. The maximum atomic E-state index is 12.2. The highest BCUT2D eigenvalue weighted by molar-refractivity contribution is 5.85.